The third-order valence-corrected chi connectivity index (χ3v) is 7.66. The SMILES string of the molecule is CC(C)(C)[Si](C)(C)NCCCO. The van der Waals surface area contributed by atoms with E-state index in [0.717, 1.165) is 13.0 Å². The van der Waals surface area contributed by atoms with Crippen molar-refractivity contribution in [3.05, 3.63) is 0 Å². The Morgan fingerprint density at radius 3 is 2.08 bits per heavy atom. The van der Waals surface area contributed by atoms with Crippen LogP contribution in [0.15, 0.2) is 0 Å². The van der Waals surface area contributed by atoms with Crippen molar-refractivity contribution in [3.8, 4) is 0 Å². The molecule has 0 saturated heterocycles. The van der Waals surface area contributed by atoms with Crippen LogP contribution in [0.3, 0.4) is 0 Å². The van der Waals surface area contributed by atoms with Crippen LogP contribution >= 0.6 is 0 Å². The Kier molecular flexibility index (Phi) is 4.44. The van der Waals surface area contributed by atoms with Gasteiger partial charge in [0.05, 0.1) is 0 Å². The van der Waals surface area contributed by atoms with Gasteiger partial charge in [-0.15, -0.1) is 0 Å². The second kappa shape index (κ2) is 4.39. The van der Waals surface area contributed by atoms with E-state index in [1.807, 2.05) is 0 Å². The highest BCUT2D eigenvalue weighted by Gasteiger charge is 2.34. The Morgan fingerprint density at radius 2 is 1.75 bits per heavy atom. The maximum atomic E-state index is 8.64. The topological polar surface area (TPSA) is 32.3 Å². The van der Waals surface area contributed by atoms with Crippen LogP contribution in [0.25, 0.3) is 0 Å². The molecule has 74 valence electrons. The van der Waals surface area contributed by atoms with Crippen molar-refractivity contribution in [2.24, 2.45) is 0 Å². The molecule has 0 aromatic carbocycles. The Bertz CT molecular complexity index is 129. The molecule has 0 fully saturated rings. The summed E-state index contributed by atoms with van der Waals surface area (Å²) in [6, 6.07) is 0. The Morgan fingerprint density at radius 1 is 1.25 bits per heavy atom. The summed E-state index contributed by atoms with van der Waals surface area (Å²) in [4.78, 5) is 3.58. The van der Waals surface area contributed by atoms with E-state index in [1.165, 1.54) is 0 Å². The molecular weight excluding hydrogens is 166 g/mol. The summed E-state index contributed by atoms with van der Waals surface area (Å²) in [7, 11) is -1.30. The highest BCUT2D eigenvalue weighted by molar-refractivity contribution is 6.77. The zero-order chi connectivity index (χ0) is 9.83. The molecule has 0 rings (SSSR count). The average Bonchev–Trinajstić information content (AvgIpc) is 1.85. The van der Waals surface area contributed by atoms with Crippen LogP contribution in [0, 0.1) is 0 Å². The van der Waals surface area contributed by atoms with E-state index in [9.17, 15) is 0 Å². The van der Waals surface area contributed by atoms with Gasteiger partial charge in [-0.25, -0.2) is 0 Å². The lowest BCUT2D eigenvalue weighted by Gasteiger charge is -2.37. The lowest BCUT2D eigenvalue weighted by molar-refractivity contribution is 0.289. The third kappa shape index (κ3) is 3.69. The monoisotopic (exact) mass is 189 g/mol. The zero-order valence-electron chi connectivity index (χ0n) is 9.07. The van der Waals surface area contributed by atoms with Crippen molar-refractivity contribution < 1.29 is 5.11 Å². The predicted molar refractivity (Wildman–Crippen MR) is 56.9 cm³/mol. The fourth-order valence-electron chi connectivity index (χ4n) is 0.745. The van der Waals surface area contributed by atoms with E-state index in [-0.39, 0.29) is 0 Å². The first-order valence-electron chi connectivity index (χ1n) is 4.67. The molecule has 0 bridgehead atoms. The first-order chi connectivity index (χ1) is 5.31. The molecule has 0 aliphatic heterocycles. The largest absolute Gasteiger partial charge is 0.396 e. The van der Waals surface area contributed by atoms with Gasteiger partial charge in [-0.3, -0.25) is 0 Å². The third-order valence-electron chi connectivity index (χ3n) is 2.78. The van der Waals surface area contributed by atoms with Crippen LogP contribution in [0.5, 0.6) is 0 Å². The number of nitrogens with one attached hydrogen (secondary N) is 1. The number of aliphatic hydroxyl groups is 1. The molecule has 3 heteroatoms. The molecule has 0 radical (unpaired) electrons. The van der Waals surface area contributed by atoms with Crippen molar-refractivity contribution >= 4 is 8.24 Å². The van der Waals surface area contributed by atoms with Crippen molar-refractivity contribution in [1.82, 2.24) is 4.98 Å². The number of hydrogen-bond donors (Lipinski definition) is 2. The Labute approximate surface area is 77.5 Å². The summed E-state index contributed by atoms with van der Waals surface area (Å²) in [6.07, 6.45) is 0.868. The van der Waals surface area contributed by atoms with Crippen molar-refractivity contribution in [2.45, 2.75) is 45.3 Å². The first-order valence-corrected chi connectivity index (χ1v) is 7.67. The molecule has 0 saturated carbocycles. The summed E-state index contributed by atoms with van der Waals surface area (Å²) >= 11 is 0. The average molecular weight is 189 g/mol. The van der Waals surface area contributed by atoms with Gasteiger partial charge in [0, 0.05) is 6.61 Å². The molecule has 0 aromatic rings. The predicted octanol–water partition coefficient (Wildman–Crippen LogP) is 1.96. The van der Waals surface area contributed by atoms with Crippen LogP contribution in [0.2, 0.25) is 18.1 Å². The lowest BCUT2D eigenvalue weighted by atomic mass is 10.2. The van der Waals surface area contributed by atoms with Crippen LogP contribution in [0.4, 0.5) is 0 Å². The van der Waals surface area contributed by atoms with E-state index in [2.05, 4.69) is 38.8 Å². The van der Waals surface area contributed by atoms with Crippen LogP contribution < -0.4 is 4.98 Å². The number of rotatable bonds is 4. The second-order valence-electron chi connectivity index (χ2n) is 4.88. The maximum Gasteiger partial charge on any atom is 0.124 e. The van der Waals surface area contributed by atoms with Gasteiger partial charge in [-0.1, -0.05) is 33.9 Å². The van der Waals surface area contributed by atoms with Gasteiger partial charge >= 0.3 is 0 Å². The maximum absolute atomic E-state index is 8.64. The van der Waals surface area contributed by atoms with E-state index >= 15 is 0 Å². The fraction of sp³-hybridized carbons (Fsp3) is 1.00. The normalized spacial score (nSPS) is 13.5. The Hall–Kier alpha value is 0.137. The van der Waals surface area contributed by atoms with Crippen molar-refractivity contribution in [2.75, 3.05) is 13.2 Å². The van der Waals surface area contributed by atoms with Gasteiger partial charge < -0.3 is 10.1 Å². The van der Waals surface area contributed by atoms with Gasteiger partial charge in [0.1, 0.15) is 8.24 Å². The van der Waals surface area contributed by atoms with Crippen molar-refractivity contribution in [1.29, 1.82) is 0 Å². The van der Waals surface area contributed by atoms with E-state index in [1.54, 1.807) is 0 Å². The van der Waals surface area contributed by atoms with Gasteiger partial charge in [-0.2, -0.15) is 0 Å². The molecular formula is C9H23NOSi. The van der Waals surface area contributed by atoms with E-state index in [0.29, 0.717) is 11.6 Å². The molecule has 0 heterocycles. The molecule has 0 spiro atoms. The minimum Gasteiger partial charge on any atom is -0.396 e. The Balaban J connectivity index is 3.88. The van der Waals surface area contributed by atoms with Crippen LogP contribution in [-0.4, -0.2) is 26.5 Å². The van der Waals surface area contributed by atoms with Gasteiger partial charge in [0.15, 0.2) is 0 Å². The molecule has 0 aromatic heterocycles. The van der Waals surface area contributed by atoms with Crippen LogP contribution in [0.1, 0.15) is 27.2 Å². The molecule has 12 heavy (non-hydrogen) atoms. The number of hydrogen-bond acceptors (Lipinski definition) is 2. The second-order valence-corrected chi connectivity index (χ2v) is 9.98. The summed E-state index contributed by atoms with van der Waals surface area (Å²) in [6.45, 7) is 12.8. The quantitative estimate of drug-likeness (QED) is 0.523. The van der Waals surface area contributed by atoms with Crippen molar-refractivity contribution in [3.63, 3.8) is 0 Å². The smallest absolute Gasteiger partial charge is 0.124 e. The number of aliphatic hydroxyl groups excluding tert-OH is 1. The lowest BCUT2D eigenvalue weighted by Crippen LogP contribution is -2.52. The molecule has 0 amide bonds. The minimum absolute atomic E-state index is 0.293. The summed E-state index contributed by atoms with van der Waals surface area (Å²) in [5, 5.41) is 9.03. The van der Waals surface area contributed by atoms with Gasteiger partial charge in [0.25, 0.3) is 0 Å². The summed E-state index contributed by atoms with van der Waals surface area (Å²) in [5.74, 6) is 0. The van der Waals surface area contributed by atoms with E-state index in [4.69, 9.17) is 5.11 Å². The van der Waals surface area contributed by atoms with Crippen LogP contribution in [-0.2, 0) is 0 Å². The van der Waals surface area contributed by atoms with Gasteiger partial charge in [0.2, 0.25) is 0 Å². The molecule has 0 aliphatic carbocycles. The first kappa shape index (κ1) is 12.1. The zero-order valence-corrected chi connectivity index (χ0v) is 10.1. The molecule has 0 aliphatic rings. The minimum atomic E-state index is -1.30. The molecule has 2 nitrogen and oxygen atoms in total. The highest BCUT2D eigenvalue weighted by atomic mass is 28.3. The summed E-state index contributed by atoms with van der Waals surface area (Å²) < 4.78 is 0. The standard InChI is InChI=1S/C9H23NOSi/c1-9(2,3)12(4,5)10-7-6-8-11/h10-11H,6-8H2,1-5H3. The summed E-state index contributed by atoms with van der Waals surface area (Å²) in [5.41, 5.74) is 0. The van der Waals surface area contributed by atoms with E-state index < -0.39 is 8.24 Å². The molecule has 0 unspecified atom stereocenters. The highest BCUT2D eigenvalue weighted by Crippen LogP contribution is 2.33. The molecule has 2 N–H and O–H groups in total. The molecule has 0 atom stereocenters. The fourth-order valence-corrected chi connectivity index (χ4v) is 2.08. The van der Waals surface area contributed by atoms with Gasteiger partial charge in [-0.05, 0) is 18.0 Å².